The minimum Gasteiger partial charge on any atom is -0.379 e. The molecule has 0 aromatic carbocycles. The molecule has 0 bridgehead atoms. The smallest absolute Gasteiger partial charge is 0.128 e. The van der Waals surface area contributed by atoms with E-state index >= 15 is 0 Å². The zero-order valence-electron chi connectivity index (χ0n) is 14.9. The zero-order chi connectivity index (χ0) is 16.2. The molecule has 3 heterocycles. The number of anilines is 1. The molecule has 1 saturated carbocycles. The number of rotatable bonds is 4. The Bertz CT molecular complexity index is 503. The van der Waals surface area contributed by atoms with Crippen molar-refractivity contribution in [2.45, 2.75) is 50.2 Å². The van der Waals surface area contributed by atoms with E-state index in [0.29, 0.717) is 18.1 Å². The van der Waals surface area contributed by atoms with Crippen LogP contribution in [-0.4, -0.2) is 56.0 Å². The van der Waals surface area contributed by atoms with E-state index in [2.05, 4.69) is 32.7 Å². The molecule has 1 aromatic heterocycles. The molecule has 5 nitrogen and oxygen atoms in total. The number of ether oxygens (including phenoxy) is 1. The van der Waals surface area contributed by atoms with Gasteiger partial charge in [-0.15, -0.1) is 12.4 Å². The second-order valence-electron chi connectivity index (χ2n) is 7.45. The SMILES string of the molecule is Cl.c1ccc(N2CCC(NC3CCCC3C3COCCN3)CC2)nc1. The molecular weight excluding hydrogens is 336 g/mol. The minimum atomic E-state index is 0. The van der Waals surface area contributed by atoms with E-state index in [4.69, 9.17) is 4.74 Å². The van der Waals surface area contributed by atoms with E-state index in [1.807, 2.05) is 12.3 Å². The van der Waals surface area contributed by atoms with Gasteiger partial charge in [-0.1, -0.05) is 12.5 Å². The van der Waals surface area contributed by atoms with Crippen molar-refractivity contribution in [1.82, 2.24) is 15.6 Å². The van der Waals surface area contributed by atoms with Crippen LogP contribution in [0.2, 0.25) is 0 Å². The number of pyridine rings is 1. The number of halogens is 1. The van der Waals surface area contributed by atoms with Crippen LogP contribution in [0.5, 0.6) is 0 Å². The molecule has 3 aliphatic rings. The Morgan fingerprint density at radius 1 is 1.16 bits per heavy atom. The summed E-state index contributed by atoms with van der Waals surface area (Å²) >= 11 is 0. The maximum Gasteiger partial charge on any atom is 0.128 e. The van der Waals surface area contributed by atoms with Gasteiger partial charge in [0.1, 0.15) is 5.82 Å². The zero-order valence-corrected chi connectivity index (χ0v) is 15.7. The van der Waals surface area contributed by atoms with Crippen LogP contribution in [0.15, 0.2) is 24.4 Å². The lowest BCUT2D eigenvalue weighted by atomic mass is 9.92. The quantitative estimate of drug-likeness (QED) is 0.855. The third kappa shape index (κ3) is 4.64. The van der Waals surface area contributed by atoms with Crippen LogP contribution < -0.4 is 15.5 Å². The number of piperidine rings is 1. The van der Waals surface area contributed by atoms with E-state index in [-0.39, 0.29) is 12.4 Å². The minimum absolute atomic E-state index is 0. The largest absolute Gasteiger partial charge is 0.379 e. The van der Waals surface area contributed by atoms with E-state index in [0.717, 1.165) is 44.6 Å². The van der Waals surface area contributed by atoms with Crippen molar-refractivity contribution >= 4 is 18.2 Å². The van der Waals surface area contributed by atoms with E-state index in [9.17, 15) is 0 Å². The van der Waals surface area contributed by atoms with Crippen LogP contribution in [0, 0.1) is 5.92 Å². The number of aromatic nitrogens is 1. The van der Waals surface area contributed by atoms with Gasteiger partial charge in [-0.3, -0.25) is 0 Å². The summed E-state index contributed by atoms with van der Waals surface area (Å²) < 4.78 is 5.69. The standard InChI is InChI=1S/C19H30N4O.ClH/c1-2-9-21-19(6-1)23-11-7-15(8-12-23)22-17-5-3-4-16(17)18-14-24-13-10-20-18;/h1-2,6,9,15-18,20,22H,3-5,7-8,10-14H2;1H. The topological polar surface area (TPSA) is 49.4 Å². The Kier molecular flexibility index (Phi) is 6.93. The number of morpholine rings is 1. The Balaban J connectivity index is 0.00000182. The van der Waals surface area contributed by atoms with Gasteiger partial charge in [0.05, 0.1) is 13.2 Å². The van der Waals surface area contributed by atoms with Gasteiger partial charge in [0.2, 0.25) is 0 Å². The predicted octanol–water partition coefficient (Wildman–Crippen LogP) is 2.22. The first kappa shape index (κ1) is 18.9. The molecule has 2 aliphatic heterocycles. The molecule has 1 aliphatic carbocycles. The molecule has 25 heavy (non-hydrogen) atoms. The molecule has 1 aromatic rings. The average molecular weight is 367 g/mol. The third-order valence-electron chi connectivity index (χ3n) is 5.95. The van der Waals surface area contributed by atoms with Gasteiger partial charge in [-0.05, 0) is 43.7 Å². The van der Waals surface area contributed by atoms with Crippen molar-refractivity contribution in [2.24, 2.45) is 5.92 Å². The molecule has 6 heteroatoms. The molecule has 140 valence electrons. The van der Waals surface area contributed by atoms with Crippen LogP contribution in [0.1, 0.15) is 32.1 Å². The van der Waals surface area contributed by atoms with Gasteiger partial charge in [0, 0.05) is 44.0 Å². The number of hydrogen-bond donors (Lipinski definition) is 2. The highest BCUT2D eigenvalue weighted by Gasteiger charge is 2.36. The fourth-order valence-electron chi connectivity index (χ4n) is 4.66. The molecule has 4 rings (SSSR count). The third-order valence-corrected chi connectivity index (χ3v) is 5.95. The lowest BCUT2D eigenvalue weighted by Gasteiger charge is -2.38. The average Bonchev–Trinajstić information content (AvgIpc) is 3.12. The van der Waals surface area contributed by atoms with Crippen molar-refractivity contribution in [2.75, 3.05) is 37.7 Å². The number of hydrogen-bond acceptors (Lipinski definition) is 5. The summed E-state index contributed by atoms with van der Waals surface area (Å²) in [6, 6.07) is 8.05. The summed E-state index contributed by atoms with van der Waals surface area (Å²) in [5, 5.41) is 7.67. The van der Waals surface area contributed by atoms with Crippen molar-refractivity contribution in [3.63, 3.8) is 0 Å². The first-order chi connectivity index (χ1) is 11.9. The van der Waals surface area contributed by atoms with Crippen molar-refractivity contribution in [1.29, 1.82) is 0 Å². The normalized spacial score (nSPS) is 30.9. The summed E-state index contributed by atoms with van der Waals surface area (Å²) in [7, 11) is 0. The molecule has 0 radical (unpaired) electrons. The molecule has 0 spiro atoms. The first-order valence-electron chi connectivity index (χ1n) is 9.63. The molecule has 3 atom stereocenters. The highest BCUT2D eigenvalue weighted by Crippen LogP contribution is 2.30. The Labute approximate surface area is 157 Å². The number of nitrogens with zero attached hydrogens (tertiary/aromatic N) is 2. The highest BCUT2D eigenvalue weighted by atomic mass is 35.5. The van der Waals surface area contributed by atoms with E-state index < -0.39 is 0 Å². The molecule has 3 fully saturated rings. The van der Waals surface area contributed by atoms with E-state index in [1.165, 1.54) is 32.1 Å². The molecular formula is C19H31ClN4O. The fourth-order valence-corrected chi connectivity index (χ4v) is 4.66. The predicted molar refractivity (Wildman–Crippen MR) is 104 cm³/mol. The molecule has 0 amide bonds. The van der Waals surface area contributed by atoms with E-state index in [1.54, 1.807) is 0 Å². The lowest BCUT2D eigenvalue weighted by Crippen LogP contribution is -2.53. The summed E-state index contributed by atoms with van der Waals surface area (Å²) in [5.74, 6) is 1.86. The molecule has 2 N–H and O–H groups in total. The van der Waals surface area contributed by atoms with Gasteiger partial charge in [-0.2, -0.15) is 0 Å². The Morgan fingerprint density at radius 3 is 2.76 bits per heavy atom. The first-order valence-corrected chi connectivity index (χ1v) is 9.63. The summed E-state index contributed by atoms with van der Waals surface area (Å²) in [6.45, 7) is 4.98. The summed E-state index contributed by atoms with van der Waals surface area (Å²) in [4.78, 5) is 6.90. The Hall–Kier alpha value is -0.880. The summed E-state index contributed by atoms with van der Waals surface area (Å²) in [6.07, 6.45) is 8.34. The second-order valence-corrected chi connectivity index (χ2v) is 7.45. The van der Waals surface area contributed by atoms with Crippen molar-refractivity contribution < 1.29 is 4.74 Å². The van der Waals surface area contributed by atoms with Gasteiger partial charge in [0.25, 0.3) is 0 Å². The van der Waals surface area contributed by atoms with Gasteiger partial charge in [-0.25, -0.2) is 4.98 Å². The monoisotopic (exact) mass is 366 g/mol. The van der Waals surface area contributed by atoms with Crippen molar-refractivity contribution in [3.8, 4) is 0 Å². The van der Waals surface area contributed by atoms with Gasteiger partial charge < -0.3 is 20.3 Å². The van der Waals surface area contributed by atoms with Crippen molar-refractivity contribution in [3.05, 3.63) is 24.4 Å². The van der Waals surface area contributed by atoms with Crippen LogP contribution >= 0.6 is 12.4 Å². The lowest BCUT2D eigenvalue weighted by molar-refractivity contribution is 0.0514. The van der Waals surface area contributed by atoms with Crippen LogP contribution in [-0.2, 0) is 4.74 Å². The molecule has 3 unspecified atom stereocenters. The maximum absolute atomic E-state index is 5.69. The highest BCUT2D eigenvalue weighted by molar-refractivity contribution is 5.85. The number of nitrogens with one attached hydrogen (secondary N) is 2. The van der Waals surface area contributed by atoms with Gasteiger partial charge in [0.15, 0.2) is 0 Å². The van der Waals surface area contributed by atoms with Crippen LogP contribution in [0.4, 0.5) is 5.82 Å². The summed E-state index contributed by atoms with van der Waals surface area (Å²) in [5.41, 5.74) is 0. The molecule has 2 saturated heterocycles. The Morgan fingerprint density at radius 2 is 2.04 bits per heavy atom. The van der Waals surface area contributed by atoms with Crippen LogP contribution in [0.25, 0.3) is 0 Å². The maximum atomic E-state index is 5.69. The van der Waals surface area contributed by atoms with Gasteiger partial charge >= 0.3 is 0 Å². The fraction of sp³-hybridized carbons (Fsp3) is 0.737. The van der Waals surface area contributed by atoms with Crippen LogP contribution in [0.3, 0.4) is 0 Å². The second kappa shape index (κ2) is 9.17.